The third kappa shape index (κ3) is 4.31. The monoisotopic (exact) mass is 287 g/mol. The highest BCUT2D eigenvalue weighted by Crippen LogP contribution is 2.11. The van der Waals surface area contributed by atoms with Crippen molar-refractivity contribution in [1.82, 2.24) is 0 Å². The minimum atomic E-state index is 0.968. The van der Waals surface area contributed by atoms with E-state index >= 15 is 0 Å². The smallest absolute Gasteiger partial charge is 0.0340 e. The first-order valence-electron chi connectivity index (χ1n) is 4.32. The molecule has 0 saturated carbocycles. The minimum absolute atomic E-state index is 0.968. The van der Waals surface area contributed by atoms with E-state index in [0.29, 0.717) is 0 Å². The Bertz CT molecular complexity index is 277. The molecule has 0 spiro atoms. The van der Waals surface area contributed by atoms with Crippen LogP contribution in [0.25, 0.3) is 0 Å². The third-order valence-corrected chi connectivity index (χ3v) is 2.44. The maximum atomic E-state index is 3.86. The normalized spacial score (nSPS) is 9.69. The lowest BCUT2D eigenvalue weighted by atomic mass is 10.2. The zero-order chi connectivity index (χ0) is 9.68. The highest BCUT2D eigenvalue weighted by atomic mass is 127. The van der Waals surface area contributed by atoms with E-state index < -0.39 is 0 Å². The molecule has 0 saturated heterocycles. The van der Waals surface area contributed by atoms with Gasteiger partial charge in [-0.15, -0.1) is 6.58 Å². The Morgan fingerprint density at radius 1 is 1.38 bits per heavy atom. The summed E-state index contributed by atoms with van der Waals surface area (Å²) in [4.78, 5) is 0. The average Bonchev–Trinajstić information content (AvgIpc) is 2.08. The van der Waals surface area contributed by atoms with Crippen LogP contribution in [0.1, 0.15) is 13.3 Å². The lowest BCUT2D eigenvalue weighted by Crippen LogP contribution is -2.01. The molecule has 1 aromatic rings. The van der Waals surface area contributed by atoms with Crippen LogP contribution >= 0.6 is 22.6 Å². The van der Waals surface area contributed by atoms with Gasteiger partial charge in [-0.05, 0) is 60.2 Å². The highest BCUT2D eigenvalue weighted by Gasteiger charge is 1.91. The van der Waals surface area contributed by atoms with Crippen molar-refractivity contribution in [3.05, 3.63) is 40.0 Å². The van der Waals surface area contributed by atoms with Crippen LogP contribution in [0.4, 0.5) is 5.69 Å². The molecule has 1 N–H and O–H groups in total. The van der Waals surface area contributed by atoms with Crippen molar-refractivity contribution in [2.75, 3.05) is 11.9 Å². The second-order valence-electron chi connectivity index (χ2n) is 3.14. The Morgan fingerprint density at radius 2 is 2.00 bits per heavy atom. The van der Waals surface area contributed by atoms with Gasteiger partial charge in [-0.1, -0.05) is 5.57 Å². The molecule has 0 aliphatic carbocycles. The highest BCUT2D eigenvalue weighted by molar-refractivity contribution is 14.1. The van der Waals surface area contributed by atoms with Crippen molar-refractivity contribution in [3.63, 3.8) is 0 Å². The van der Waals surface area contributed by atoms with Crippen LogP contribution < -0.4 is 5.32 Å². The van der Waals surface area contributed by atoms with Gasteiger partial charge in [0.15, 0.2) is 0 Å². The van der Waals surface area contributed by atoms with E-state index in [1.165, 1.54) is 14.8 Å². The van der Waals surface area contributed by atoms with Gasteiger partial charge in [0.05, 0.1) is 0 Å². The number of nitrogens with one attached hydrogen (secondary N) is 1. The third-order valence-electron chi connectivity index (χ3n) is 1.73. The number of hydrogen-bond acceptors (Lipinski definition) is 1. The summed E-state index contributed by atoms with van der Waals surface area (Å²) in [6, 6.07) is 8.40. The first kappa shape index (κ1) is 10.6. The fourth-order valence-electron chi connectivity index (χ4n) is 0.988. The van der Waals surface area contributed by atoms with Gasteiger partial charge in [-0.3, -0.25) is 0 Å². The second-order valence-corrected chi connectivity index (χ2v) is 4.39. The summed E-state index contributed by atoms with van der Waals surface area (Å²) in [5.41, 5.74) is 2.40. The fraction of sp³-hybridized carbons (Fsp3) is 0.273. The van der Waals surface area contributed by atoms with E-state index in [4.69, 9.17) is 0 Å². The largest absolute Gasteiger partial charge is 0.385 e. The fourth-order valence-corrected chi connectivity index (χ4v) is 1.35. The van der Waals surface area contributed by atoms with Crippen molar-refractivity contribution in [2.45, 2.75) is 13.3 Å². The van der Waals surface area contributed by atoms with Crippen LogP contribution in [0, 0.1) is 3.57 Å². The quantitative estimate of drug-likeness (QED) is 0.658. The number of hydrogen-bond donors (Lipinski definition) is 1. The Hall–Kier alpha value is -0.510. The van der Waals surface area contributed by atoms with Crippen LogP contribution in [-0.2, 0) is 0 Å². The SMILES string of the molecule is C=C(C)CCNc1ccc(I)cc1. The van der Waals surface area contributed by atoms with Gasteiger partial charge < -0.3 is 5.32 Å². The van der Waals surface area contributed by atoms with E-state index in [2.05, 4.69) is 65.7 Å². The molecule has 1 aromatic carbocycles. The summed E-state index contributed by atoms with van der Waals surface area (Å²) in [6.45, 7) is 6.88. The summed E-state index contributed by atoms with van der Waals surface area (Å²) < 4.78 is 1.27. The molecule has 1 rings (SSSR count). The van der Waals surface area contributed by atoms with Crippen LogP contribution in [0.2, 0.25) is 0 Å². The minimum Gasteiger partial charge on any atom is -0.385 e. The lowest BCUT2D eigenvalue weighted by molar-refractivity contribution is 1.00. The van der Waals surface area contributed by atoms with Crippen molar-refractivity contribution >= 4 is 28.3 Å². The maximum Gasteiger partial charge on any atom is 0.0340 e. The van der Waals surface area contributed by atoms with Crippen molar-refractivity contribution < 1.29 is 0 Å². The van der Waals surface area contributed by atoms with E-state index in [1.54, 1.807) is 0 Å². The summed E-state index contributed by atoms with van der Waals surface area (Å²) >= 11 is 2.30. The van der Waals surface area contributed by atoms with Crippen molar-refractivity contribution in [2.24, 2.45) is 0 Å². The van der Waals surface area contributed by atoms with E-state index in [9.17, 15) is 0 Å². The molecule has 0 bridgehead atoms. The summed E-state index contributed by atoms with van der Waals surface area (Å²) in [6.07, 6.45) is 1.03. The maximum absolute atomic E-state index is 3.86. The van der Waals surface area contributed by atoms with Gasteiger partial charge in [-0.25, -0.2) is 0 Å². The van der Waals surface area contributed by atoms with E-state index in [0.717, 1.165) is 13.0 Å². The van der Waals surface area contributed by atoms with E-state index in [-0.39, 0.29) is 0 Å². The molecule has 0 radical (unpaired) electrons. The molecule has 0 amide bonds. The van der Waals surface area contributed by atoms with Gasteiger partial charge >= 0.3 is 0 Å². The summed E-state index contributed by atoms with van der Waals surface area (Å²) in [5, 5.41) is 3.34. The Morgan fingerprint density at radius 3 is 2.54 bits per heavy atom. The predicted octanol–water partition coefficient (Wildman–Crippen LogP) is 3.67. The topological polar surface area (TPSA) is 12.0 Å². The molecule has 0 aliphatic heterocycles. The van der Waals surface area contributed by atoms with Gasteiger partial charge in [0.25, 0.3) is 0 Å². The number of halogens is 1. The lowest BCUT2D eigenvalue weighted by Gasteiger charge is -2.05. The van der Waals surface area contributed by atoms with Crippen LogP contribution in [0.15, 0.2) is 36.4 Å². The van der Waals surface area contributed by atoms with Crippen LogP contribution in [0.5, 0.6) is 0 Å². The molecular formula is C11H14IN. The Kier molecular flexibility index (Phi) is 4.28. The van der Waals surface area contributed by atoms with Crippen molar-refractivity contribution in [1.29, 1.82) is 0 Å². The number of rotatable bonds is 4. The van der Waals surface area contributed by atoms with E-state index in [1.807, 2.05) is 0 Å². The zero-order valence-electron chi connectivity index (χ0n) is 7.81. The molecule has 0 fully saturated rings. The van der Waals surface area contributed by atoms with Gasteiger partial charge in [0, 0.05) is 15.8 Å². The van der Waals surface area contributed by atoms with Crippen molar-refractivity contribution in [3.8, 4) is 0 Å². The van der Waals surface area contributed by atoms with Gasteiger partial charge in [0.2, 0.25) is 0 Å². The summed E-state index contributed by atoms with van der Waals surface area (Å²) in [5.74, 6) is 0. The molecule has 0 heterocycles. The molecule has 2 heteroatoms. The first-order valence-corrected chi connectivity index (χ1v) is 5.40. The Balaban J connectivity index is 2.37. The van der Waals surface area contributed by atoms with Gasteiger partial charge in [0.1, 0.15) is 0 Å². The average molecular weight is 287 g/mol. The van der Waals surface area contributed by atoms with Crippen LogP contribution in [0.3, 0.4) is 0 Å². The van der Waals surface area contributed by atoms with Crippen LogP contribution in [-0.4, -0.2) is 6.54 Å². The molecule has 13 heavy (non-hydrogen) atoms. The molecule has 70 valence electrons. The molecule has 0 atom stereocenters. The molecule has 0 aliphatic rings. The molecule has 1 nitrogen and oxygen atoms in total. The molecule has 0 unspecified atom stereocenters. The predicted molar refractivity (Wildman–Crippen MR) is 67.1 cm³/mol. The number of benzene rings is 1. The Labute approximate surface area is 93.4 Å². The standard InChI is InChI=1S/C11H14IN/c1-9(2)7-8-13-11-5-3-10(12)4-6-11/h3-6,13H,1,7-8H2,2H3. The molecule has 0 aromatic heterocycles. The molecular weight excluding hydrogens is 273 g/mol. The van der Waals surface area contributed by atoms with Gasteiger partial charge in [-0.2, -0.15) is 0 Å². The number of anilines is 1. The zero-order valence-corrected chi connectivity index (χ0v) is 9.97. The second kappa shape index (κ2) is 5.27. The summed E-state index contributed by atoms with van der Waals surface area (Å²) in [7, 11) is 0. The first-order chi connectivity index (χ1) is 6.18.